The summed E-state index contributed by atoms with van der Waals surface area (Å²) in [6.45, 7) is -2.83. The number of hydrogen-bond donors (Lipinski definition) is 2. The number of fused-ring (bicyclic) bond motifs is 2. The first-order valence-corrected chi connectivity index (χ1v) is 9.37. The first-order chi connectivity index (χ1) is 14.2. The van der Waals surface area contributed by atoms with Gasteiger partial charge in [-0.3, -0.25) is 0 Å². The molecule has 5 aromatic rings. The average molecular weight is 388 g/mol. The largest absolute Gasteiger partial charge is 0.435 e. The predicted octanol–water partition coefficient (Wildman–Crippen LogP) is 6.43. The molecule has 2 aromatic heterocycles. The molecule has 0 amide bonds. The van der Waals surface area contributed by atoms with Gasteiger partial charge in [0.25, 0.3) is 0 Å². The van der Waals surface area contributed by atoms with E-state index in [2.05, 4.69) is 26.8 Å². The van der Waals surface area contributed by atoms with Crippen molar-refractivity contribution in [3.05, 3.63) is 102 Å². The molecule has 0 saturated heterocycles. The molecule has 0 fully saturated rings. The number of rotatable bonds is 5. The lowest BCUT2D eigenvalue weighted by atomic mass is 9.85. The summed E-state index contributed by atoms with van der Waals surface area (Å²) in [4.78, 5) is 6.70. The fourth-order valence-electron chi connectivity index (χ4n) is 4.03. The summed E-state index contributed by atoms with van der Waals surface area (Å²) in [5.74, 6) is 0.0863. The van der Waals surface area contributed by atoms with Crippen LogP contribution in [0.3, 0.4) is 0 Å². The Kier molecular flexibility index (Phi) is 4.28. The molecule has 3 nitrogen and oxygen atoms in total. The van der Waals surface area contributed by atoms with Crippen molar-refractivity contribution in [1.29, 1.82) is 0 Å². The van der Waals surface area contributed by atoms with E-state index in [0.29, 0.717) is 0 Å². The van der Waals surface area contributed by atoms with E-state index in [1.54, 1.807) is 12.1 Å². The Bertz CT molecular complexity index is 1200. The molecule has 0 aliphatic rings. The first-order valence-electron chi connectivity index (χ1n) is 9.37. The molecule has 0 aliphatic carbocycles. The number of aromatic nitrogens is 2. The highest BCUT2D eigenvalue weighted by molar-refractivity contribution is 5.89. The maximum Gasteiger partial charge on any atom is 0.387 e. The molecule has 5 rings (SSSR count). The van der Waals surface area contributed by atoms with Crippen LogP contribution in [0.2, 0.25) is 0 Å². The van der Waals surface area contributed by atoms with Crippen molar-refractivity contribution in [1.82, 2.24) is 9.97 Å². The standard InChI is InChI=1S/C24H18F2N2O/c25-24(26)29-16-11-9-15(10-12-16)23(19-13-27-21-7-3-1-5-17(19)21)20-14-28-22-8-4-2-6-18(20)22/h1-14,23-24,27-28H. The zero-order valence-electron chi connectivity index (χ0n) is 15.4. The molecule has 0 radical (unpaired) electrons. The predicted molar refractivity (Wildman–Crippen MR) is 111 cm³/mol. The summed E-state index contributed by atoms with van der Waals surface area (Å²) in [5, 5.41) is 2.27. The maximum atomic E-state index is 12.5. The van der Waals surface area contributed by atoms with Gasteiger partial charge >= 0.3 is 6.61 Å². The maximum absolute atomic E-state index is 12.5. The van der Waals surface area contributed by atoms with E-state index < -0.39 is 6.61 Å². The van der Waals surface area contributed by atoms with Crippen molar-refractivity contribution in [3.8, 4) is 5.75 Å². The van der Waals surface area contributed by atoms with Crippen LogP contribution in [-0.2, 0) is 0 Å². The smallest absolute Gasteiger partial charge is 0.387 e. The molecule has 2 heterocycles. The minimum atomic E-state index is -2.83. The van der Waals surface area contributed by atoms with Crippen LogP contribution in [0.1, 0.15) is 22.6 Å². The van der Waals surface area contributed by atoms with Crippen LogP contribution in [-0.4, -0.2) is 16.6 Å². The van der Waals surface area contributed by atoms with Gasteiger partial charge in [0, 0.05) is 40.1 Å². The Morgan fingerprint density at radius 2 is 1.17 bits per heavy atom. The number of nitrogens with one attached hydrogen (secondary N) is 2. The lowest BCUT2D eigenvalue weighted by molar-refractivity contribution is -0.0498. The van der Waals surface area contributed by atoms with E-state index in [4.69, 9.17) is 0 Å². The molecule has 0 unspecified atom stereocenters. The van der Waals surface area contributed by atoms with Gasteiger partial charge in [-0.05, 0) is 41.0 Å². The summed E-state index contributed by atoms with van der Waals surface area (Å²) >= 11 is 0. The summed E-state index contributed by atoms with van der Waals surface area (Å²) in [6, 6.07) is 23.2. The van der Waals surface area contributed by atoms with E-state index in [1.807, 2.05) is 60.9 Å². The number of H-pyrrole nitrogens is 2. The molecular weight excluding hydrogens is 370 g/mol. The monoisotopic (exact) mass is 388 g/mol. The Morgan fingerprint density at radius 1 is 0.655 bits per heavy atom. The Labute approximate surface area is 166 Å². The fourth-order valence-corrected chi connectivity index (χ4v) is 4.03. The van der Waals surface area contributed by atoms with Crippen LogP contribution in [0.25, 0.3) is 21.8 Å². The highest BCUT2D eigenvalue weighted by atomic mass is 19.3. The van der Waals surface area contributed by atoms with E-state index in [9.17, 15) is 8.78 Å². The van der Waals surface area contributed by atoms with Gasteiger partial charge in [0.1, 0.15) is 5.75 Å². The lowest BCUT2D eigenvalue weighted by Crippen LogP contribution is -2.04. The second-order valence-electron chi connectivity index (χ2n) is 6.96. The Balaban J connectivity index is 1.69. The van der Waals surface area contributed by atoms with Gasteiger partial charge in [-0.2, -0.15) is 8.78 Å². The summed E-state index contributed by atoms with van der Waals surface area (Å²) < 4.78 is 29.6. The molecule has 0 bridgehead atoms. The minimum Gasteiger partial charge on any atom is -0.435 e. The van der Waals surface area contributed by atoms with Crippen LogP contribution in [0.5, 0.6) is 5.75 Å². The van der Waals surface area contributed by atoms with E-state index in [-0.39, 0.29) is 11.7 Å². The highest BCUT2D eigenvalue weighted by Gasteiger charge is 2.23. The van der Waals surface area contributed by atoms with Crippen LogP contribution in [0, 0.1) is 0 Å². The fraction of sp³-hybridized carbons (Fsp3) is 0.0833. The van der Waals surface area contributed by atoms with Gasteiger partial charge in [0.2, 0.25) is 0 Å². The van der Waals surface area contributed by atoms with Crippen LogP contribution in [0.15, 0.2) is 85.2 Å². The van der Waals surface area contributed by atoms with Crippen molar-refractivity contribution in [3.63, 3.8) is 0 Å². The number of aromatic amines is 2. The number of halogens is 2. The number of para-hydroxylation sites is 2. The highest BCUT2D eigenvalue weighted by Crippen LogP contribution is 2.39. The number of benzene rings is 3. The van der Waals surface area contributed by atoms with E-state index in [1.165, 1.54) is 0 Å². The number of ether oxygens (including phenoxy) is 1. The molecule has 0 saturated carbocycles. The SMILES string of the molecule is FC(F)Oc1ccc(C(c2c[nH]c3ccccc23)c2c[nH]c3ccccc23)cc1. The van der Waals surface area contributed by atoms with Crippen molar-refractivity contribution in [2.75, 3.05) is 0 Å². The number of alkyl halides is 2. The molecule has 5 heteroatoms. The molecule has 2 N–H and O–H groups in total. The van der Waals surface area contributed by atoms with Gasteiger partial charge in [0.05, 0.1) is 0 Å². The summed E-state index contributed by atoms with van der Waals surface area (Å²) in [7, 11) is 0. The topological polar surface area (TPSA) is 40.8 Å². The number of hydrogen-bond acceptors (Lipinski definition) is 1. The third-order valence-electron chi connectivity index (χ3n) is 5.30. The van der Waals surface area contributed by atoms with Gasteiger partial charge in [-0.1, -0.05) is 48.5 Å². The Morgan fingerprint density at radius 3 is 1.69 bits per heavy atom. The Hall–Kier alpha value is -3.60. The van der Waals surface area contributed by atoms with Gasteiger partial charge in [0.15, 0.2) is 0 Å². The molecule has 0 spiro atoms. The molecule has 0 atom stereocenters. The van der Waals surface area contributed by atoms with Gasteiger partial charge in [-0.25, -0.2) is 0 Å². The molecule has 144 valence electrons. The van der Waals surface area contributed by atoms with Crippen molar-refractivity contribution >= 4 is 21.8 Å². The van der Waals surface area contributed by atoms with E-state index >= 15 is 0 Å². The van der Waals surface area contributed by atoms with Crippen molar-refractivity contribution < 1.29 is 13.5 Å². The molecule has 3 aromatic carbocycles. The second kappa shape index (κ2) is 7.09. The van der Waals surface area contributed by atoms with Crippen LogP contribution < -0.4 is 4.74 Å². The minimum absolute atomic E-state index is 0.0668. The molecule has 29 heavy (non-hydrogen) atoms. The average Bonchev–Trinajstić information content (AvgIpc) is 3.35. The quantitative estimate of drug-likeness (QED) is 0.358. The lowest BCUT2D eigenvalue weighted by Gasteiger charge is -2.18. The van der Waals surface area contributed by atoms with Crippen LogP contribution >= 0.6 is 0 Å². The summed E-state index contributed by atoms with van der Waals surface area (Å²) in [6.07, 6.45) is 4.06. The zero-order chi connectivity index (χ0) is 19.8. The normalized spacial score (nSPS) is 11.7. The zero-order valence-corrected chi connectivity index (χ0v) is 15.4. The van der Waals surface area contributed by atoms with E-state index in [0.717, 1.165) is 38.5 Å². The second-order valence-corrected chi connectivity index (χ2v) is 6.96. The van der Waals surface area contributed by atoms with Gasteiger partial charge < -0.3 is 14.7 Å². The molecular formula is C24H18F2N2O. The third-order valence-corrected chi connectivity index (χ3v) is 5.30. The first kappa shape index (κ1) is 17.5. The van der Waals surface area contributed by atoms with Gasteiger partial charge in [-0.15, -0.1) is 0 Å². The van der Waals surface area contributed by atoms with Crippen molar-refractivity contribution in [2.24, 2.45) is 0 Å². The third kappa shape index (κ3) is 3.14. The van der Waals surface area contributed by atoms with Crippen molar-refractivity contribution in [2.45, 2.75) is 12.5 Å². The summed E-state index contributed by atoms with van der Waals surface area (Å²) in [5.41, 5.74) is 5.39. The van der Waals surface area contributed by atoms with Crippen LogP contribution in [0.4, 0.5) is 8.78 Å². The molecule has 0 aliphatic heterocycles.